The first-order chi connectivity index (χ1) is 27.7. The Morgan fingerprint density at radius 1 is 0.554 bits per heavy atom. The Morgan fingerprint density at radius 3 is 2.00 bits per heavy atom. The molecule has 0 saturated carbocycles. The molecule has 0 unspecified atom stereocenters. The summed E-state index contributed by atoms with van der Waals surface area (Å²) in [5.74, 6) is 0.732. The first-order valence-corrected chi connectivity index (χ1v) is 20.5. The van der Waals surface area contributed by atoms with E-state index >= 15 is 0 Å². The number of allylic oxidation sites excluding steroid dienone is 2. The molecule has 0 atom stereocenters. The lowest BCUT2D eigenvalue weighted by molar-refractivity contribution is 1.03. The van der Waals surface area contributed by atoms with Gasteiger partial charge in [-0.25, -0.2) is 9.98 Å². The zero-order chi connectivity index (χ0) is 37.4. The van der Waals surface area contributed by atoms with Crippen molar-refractivity contribution in [3.8, 4) is 33.4 Å². The normalized spacial score (nSPS) is 13.4. The topological polar surface area (TPSA) is 48.6 Å². The maximum absolute atomic E-state index is 9.24. The van der Waals surface area contributed by atoms with Gasteiger partial charge in [-0.15, -0.1) is 22.7 Å². The van der Waals surface area contributed by atoms with Crippen molar-refractivity contribution < 1.29 is 0 Å². The summed E-state index contributed by atoms with van der Waals surface area (Å²) in [6.07, 6.45) is 10.3. The summed E-state index contributed by atoms with van der Waals surface area (Å²) in [4.78, 5) is 10.1. The lowest BCUT2D eigenvalue weighted by atomic mass is 9.94. The molecule has 1 aliphatic rings. The minimum atomic E-state index is 0.194. The third-order valence-electron chi connectivity index (χ3n) is 10.5. The van der Waals surface area contributed by atoms with Crippen molar-refractivity contribution in [2.75, 3.05) is 0 Å². The summed E-state index contributed by atoms with van der Waals surface area (Å²) in [5.41, 5.74) is 9.86. The van der Waals surface area contributed by atoms with Gasteiger partial charge in [0.15, 0.2) is 11.7 Å². The summed E-state index contributed by atoms with van der Waals surface area (Å²) in [7, 11) is 0. The van der Waals surface area contributed by atoms with Crippen molar-refractivity contribution in [3.63, 3.8) is 0 Å². The molecule has 7 aromatic carbocycles. The van der Waals surface area contributed by atoms with Crippen LogP contribution in [-0.2, 0) is 0 Å². The zero-order valence-electron chi connectivity index (χ0n) is 30.4. The number of nitrogens with one attached hydrogen (secondary N) is 1. The van der Waals surface area contributed by atoms with Gasteiger partial charge in [-0.05, 0) is 77.1 Å². The Balaban J connectivity index is 1.16. The second-order valence-electron chi connectivity index (χ2n) is 14.0. The van der Waals surface area contributed by atoms with Gasteiger partial charge in [0.05, 0.1) is 0 Å². The van der Waals surface area contributed by atoms with Crippen LogP contribution >= 0.6 is 22.7 Å². The highest BCUT2D eigenvalue weighted by atomic mass is 32.1. The number of nitrogens with zero attached hydrogens (tertiary/aromatic N) is 2. The largest absolute Gasteiger partial charge is 0.282 e. The van der Waals surface area contributed by atoms with Crippen LogP contribution in [0.4, 0.5) is 0 Å². The van der Waals surface area contributed by atoms with Crippen LogP contribution in [0.3, 0.4) is 0 Å². The molecule has 0 bridgehead atoms. The fraction of sp³-hybridized carbons (Fsp3) is 0.0392. The van der Waals surface area contributed by atoms with Gasteiger partial charge >= 0.3 is 0 Å². The van der Waals surface area contributed by atoms with Crippen LogP contribution in [0.5, 0.6) is 0 Å². The molecule has 266 valence electrons. The molecule has 0 spiro atoms. The van der Waals surface area contributed by atoms with Gasteiger partial charge in [0.1, 0.15) is 0 Å². The maximum atomic E-state index is 9.24. The van der Waals surface area contributed by atoms with E-state index in [9.17, 15) is 5.41 Å². The van der Waals surface area contributed by atoms with E-state index in [4.69, 9.17) is 9.98 Å². The van der Waals surface area contributed by atoms with Crippen molar-refractivity contribution in [1.29, 1.82) is 5.41 Å². The second-order valence-corrected chi connectivity index (χ2v) is 16.1. The van der Waals surface area contributed by atoms with E-state index < -0.39 is 0 Å². The molecule has 56 heavy (non-hydrogen) atoms. The Bertz CT molecular complexity index is 3070. The summed E-state index contributed by atoms with van der Waals surface area (Å²) in [6, 6.07) is 55.8. The predicted molar refractivity (Wildman–Crippen MR) is 243 cm³/mol. The standard InChI is InChI=1S/C51H35N3S2/c52-50(37-26-28-46-43(29-37)41-23-13-14-24-45(41)55-46)54-51(36-21-11-4-12-22-36)53-32-38-25-27-40(34-17-7-2-8-18-34)49-47(38)44-31-39(33-15-5-1-6-16-33)30-42(48(44)56-49)35-19-9-3-10-20-35/h1-3,5-11,13-32,52H,4,12H2. The number of fused-ring (bicyclic) bond motifs is 6. The molecular formula is C51H35N3S2. The summed E-state index contributed by atoms with van der Waals surface area (Å²) in [5, 5.41) is 14.0. The molecule has 0 fully saturated rings. The van der Waals surface area contributed by atoms with Crippen LogP contribution in [0.15, 0.2) is 192 Å². The van der Waals surface area contributed by atoms with E-state index in [0.717, 1.165) is 34.9 Å². The van der Waals surface area contributed by atoms with Gasteiger partial charge in [-0.3, -0.25) is 5.41 Å². The molecule has 2 aromatic heterocycles. The third-order valence-corrected chi connectivity index (χ3v) is 12.9. The number of hydrogen-bond acceptors (Lipinski definition) is 3. The Morgan fingerprint density at radius 2 is 1.25 bits per heavy atom. The lowest BCUT2D eigenvalue weighted by Gasteiger charge is -2.10. The first-order valence-electron chi connectivity index (χ1n) is 18.9. The van der Waals surface area contributed by atoms with Gasteiger partial charge < -0.3 is 0 Å². The molecule has 0 saturated heterocycles. The maximum Gasteiger partial charge on any atom is 0.161 e. The van der Waals surface area contributed by atoms with E-state index in [1.807, 2.05) is 23.6 Å². The molecule has 2 heterocycles. The van der Waals surface area contributed by atoms with Crippen molar-refractivity contribution in [2.24, 2.45) is 9.98 Å². The van der Waals surface area contributed by atoms with E-state index in [0.29, 0.717) is 5.84 Å². The minimum Gasteiger partial charge on any atom is -0.282 e. The zero-order valence-corrected chi connectivity index (χ0v) is 32.1. The highest BCUT2D eigenvalue weighted by Crippen LogP contribution is 2.47. The fourth-order valence-corrected chi connectivity index (χ4v) is 10.2. The molecular weight excluding hydrogens is 719 g/mol. The third kappa shape index (κ3) is 6.31. The molecule has 10 rings (SSSR count). The number of hydrogen-bond donors (Lipinski definition) is 1. The predicted octanol–water partition coefficient (Wildman–Crippen LogP) is 14.5. The molecule has 1 aliphatic carbocycles. The van der Waals surface area contributed by atoms with Gasteiger partial charge in [0, 0.05) is 68.8 Å². The average molecular weight is 754 g/mol. The van der Waals surface area contributed by atoms with Crippen LogP contribution in [0.1, 0.15) is 24.0 Å². The Labute approximate surface area is 333 Å². The van der Waals surface area contributed by atoms with Crippen molar-refractivity contribution in [3.05, 3.63) is 193 Å². The van der Waals surface area contributed by atoms with Crippen LogP contribution in [-0.4, -0.2) is 17.9 Å². The van der Waals surface area contributed by atoms with Crippen molar-refractivity contribution in [1.82, 2.24) is 0 Å². The van der Waals surface area contributed by atoms with Gasteiger partial charge in [0.25, 0.3) is 0 Å². The van der Waals surface area contributed by atoms with Gasteiger partial charge in [-0.1, -0.05) is 140 Å². The average Bonchev–Trinajstić information content (AvgIpc) is 3.85. The van der Waals surface area contributed by atoms with E-state index in [1.54, 1.807) is 11.3 Å². The van der Waals surface area contributed by atoms with Crippen molar-refractivity contribution in [2.45, 2.75) is 12.8 Å². The fourth-order valence-electron chi connectivity index (χ4n) is 7.71. The second kappa shape index (κ2) is 14.6. The Kier molecular flexibility index (Phi) is 8.87. The molecule has 9 aromatic rings. The molecule has 3 nitrogen and oxygen atoms in total. The Hall–Kier alpha value is -6.53. The number of benzene rings is 7. The van der Waals surface area contributed by atoms with Gasteiger partial charge in [0.2, 0.25) is 0 Å². The minimum absolute atomic E-state index is 0.194. The van der Waals surface area contributed by atoms with E-state index in [-0.39, 0.29) is 5.84 Å². The number of thiophene rings is 2. The first kappa shape index (κ1) is 34.0. The quantitative estimate of drug-likeness (QED) is 0.130. The van der Waals surface area contributed by atoms with Gasteiger partial charge in [-0.2, -0.15) is 0 Å². The SMILES string of the molecule is N=C(N=C(N=Cc1ccc(-c2ccccc2)c2sc3c(-c4ccccc4)cc(-c4ccccc4)cc3c12)C1=CCCC=C1)c1ccc2sc3ccccc3c2c1. The smallest absolute Gasteiger partial charge is 0.161 e. The van der Waals surface area contributed by atoms with Crippen LogP contribution in [0.2, 0.25) is 0 Å². The highest BCUT2D eigenvalue weighted by molar-refractivity contribution is 7.27. The summed E-state index contributed by atoms with van der Waals surface area (Å²) in [6.45, 7) is 0. The summed E-state index contributed by atoms with van der Waals surface area (Å²) < 4.78 is 4.92. The molecule has 0 radical (unpaired) electrons. The number of rotatable bonds is 6. The number of amidine groups is 2. The molecule has 0 aliphatic heterocycles. The van der Waals surface area contributed by atoms with E-state index in [1.165, 1.54) is 68.3 Å². The van der Waals surface area contributed by atoms with Crippen LogP contribution < -0.4 is 0 Å². The molecule has 5 heteroatoms. The van der Waals surface area contributed by atoms with E-state index in [2.05, 4.69) is 170 Å². The lowest BCUT2D eigenvalue weighted by Crippen LogP contribution is -2.06. The van der Waals surface area contributed by atoms with Crippen LogP contribution in [0, 0.1) is 5.41 Å². The highest BCUT2D eigenvalue weighted by Gasteiger charge is 2.19. The molecule has 0 amide bonds. The monoisotopic (exact) mass is 753 g/mol. The molecule has 1 N–H and O–H groups in total. The van der Waals surface area contributed by atoms with Crippen LogP contribution in [0.25, 0.3) is 73.7 Å². The van der Waals surface area contributed by atoms with Crippen molar-refractivity contribution >= 4 is 80.9 Å². The summed E-state index contributed by atoms with van der Waals surface area (Å²) >= 11 is 3.63. The number of aliphatic imine (C=N–C) groups is 2.